The molecule has 0 saturated heterocycles. The summed E-state index contributed by atoms with van der Waals surface area (Å²) in [5, 5.41) is 3.52. The quantitative estimate of drug-likeness (QED) is 0.491. The van der Waals surface area contributed by atoms with E-state index >= 15 is 0 Å². The molecule has 1 aromatic heterocycles. The number of rotatable bonds is 2. The van der Waals surface area contributed by atoms with E-state index in [-0.39, 0.29) is 0 Å². The zero-order valence-electron chi connectivity index (χ0n) is 6.00. The number of hydrogen-bond donors (Lipinski definition) is 1. The van der Waals surface area contributed by atoms with Crippen LogP contribution in [0.25, 0.3) is 0 Å². The summed E-state index contributed by atoms with van der Waals surface area (Å²) in [4.78, 5) is 0. The SMILES string of the molecule is C=CC[n+]1nc(F)ccc1N. The second-order valence-corrected chi connectivity index (χ2v) is 2.05. The molecule has 0 spiro atoms. The van der Waals surface area contributed by atoms with Gasteiger partial charge in [0, 0.05) is 12.1 Å². The summed E-state index contributed by atoms with van der Waals surface area (Å²) in [6.45, 7) is 3.91. The smallest absolute Gasteiger partial charge is 0.285 e. The van der Waals surface area contributed by atoms with Crippen LogP contribution in [0, 0.1) is 5.95 Å². The number of aromatic nitrogens is 2. The first-order chi connectivity index (χ1) is 5.24. The van der Waals surface area contributed by atoms with Crippen molar-refractivity contribution in [3.63, 3.8) is 0 Å². The van der Waals surface area contributed by atoms with Crippen LogP contribution in [-0.2, 0) is 6.54 Å². The molecule has 0 atom stereocenters. The molecule has 1 heterocycles. The maximum atomic E-state index is 12.4. The van der Waals surface area contributed by atoms with Gasteiger partial charge in [0.2, 0.25) is 0 Å². The summed E-state index contributed by atoms with van der Waals surface area (Å²) in [5.74, 6) is -0.118. The van der Waals surface area contributed by atoms with Crippen molar-refractivity contribution in [1.29, 1.82) is 0 Å². The lowest BCUT2D eigenvalue weighted by Gasteiger charge is -1.95. The third-order valence-corrected chi connectivity index (χ3v) is 1.21. The van der Waals surface area contributed by atoms with Gasteiger partial charge in [-0.1, -0.05) is 11.7 Å². The third-order valence-electron chi connectivity index (χ3n) is 1.21. The Balaban J connectivity index is 3.01. The Labute approximate surface area is 64.0 Å². The van der Waals surface area contributed by atoms with Gasteiger partial charge in [0.05, 0.1) is 0 Å². The van der Waals surface area contributed by atoms with E-state index < -0.39 is 5.95 Å². The van der Waals surface area contributed by atoms with Crippen LogP contribution in [0.15, 0.2) is 24.8 Å². The Bertz CT molecular complexity index is 272. The van der Waals surface area contributed by atoms with E-state index in [1.807, 2.05) is 0 Å². The highest BCUT2D eigenvalue weighted by Gasteiger charge is 2.04. The number of nitrogen functional groups attached to an aromatic ring is 1. The molecule has 0 aliphatic rings. The van der Waals surface area contributed by atoms with E-state index in [1.165, 1.54) is 16.8 Å². The molecule has 0 radical (unpaired) electrons. The van der Waals surface area contributed by atoms with Crippen molar-refractivity contribution in [2.24, 2.45) is 0 Å². The second kappa shape index (κ2) is 3.09. The average Bonchev–Trinajstić information content (AvgIpc) is 1.98. The topological polar surface area (TPSA) is 42.8 Å². The minimum absolute atomic E-state index is 0.420. The van der Waals surface area contributed by atoms with E-state index in [2.05, 4.69) is 11.7 Å². The van der Waals surface area contributed by atoms with Crippen LogP contribution in [0.5, 0.6) is 0 Å². The minimum Gasteiger partial charge on any atom is -0.285 e. The fourth-order valence-electron chi connectivity index (χ4n) is 0.715. The molecule has 0 saturated carbocycles. The fraction of sp³-hybridized carbons (Fsp3) is 0.143. The lowest BCUT2D eigenvalue weighted by atomic mass is 10.5. The minimum atomic E-state index is -0.541. The summed E-state index contributed by atoms with van der Waals surface area (Å²) < 4.78 is 13.8. The molecule has 0 bridgehead atoms. The van der Waals surface area contributed by atoms with Gasteiger partial charge in [-0.3, -0.25) is 5.73 Å². The largest absolute Gasteiger partial charge is 0.293 e. The predicted molar refractivity (Wildman–Crippen MR) is 39.0 cm³/mol. The molecule has 11 heavy (non-hydrogen) atoms. The number of halogens is 1. The van der Waals surface area contributed by atoms with Crippen molar-refractivity contribution >= 4 is 5.82 Å². The molecule has 2 N–H and O–H groups in total. The van der Waals surface area contributed by atoms with Crippen molar-refractivity contribution < 1.29 is 9.07 Å². The van der Waals surface area contributed by atoms with E-state index in [4.69, 9.17) is 5.73 Å². The first kappa shape index (κ1) is 7.65. The van der Waals surface area contributed by atoms with Gasteiger partial charge >= 0.3 is 0 Å². The summed E-state index contributed by atoms with van der Waals surface area (Å²) in [6.07, 6.45) is 1.60. The number of anilines is 1. The highest BCUT2D eigenvalue weighted by Crippen LogP contribution is 1.92. The van der Waals surface area contributed by atoms with Gasteiger partial charge in [-0.15, -0.1) is 4.68 Å². The molecular formula is C7H9FN3+. The molecule has 4 heteroatoms. The Kier molecular flexibility index (Phi) is 2.15. The van der Waals surface area contributed by atoms with E-state index in [1.54, 1.807) is 6.08 Å². The molecule has 0 aliphatic heterocycles. The maximum Gasteiger partial charge on any atom is 0.293 e. The van der Waals surface area contributed by atoms with Crippen LogP contribution in [0.3, 0.4) is 0 Å². The van der Waals surface area contributed by atoms with Crippen molar-refractivity contribution in [3.8, 4) is 0 Å². The number of nitrogens with two attached hydrogens (primary N) is 1. The highest BCUT2D eigenvalue weighted by molar-refractivity contribution is 5.17. The Hall–Kier alpha value is -1.45. The van der Waals surface area contributed by atoms with Crippen molar-refractivity contribution in [1.82, 2.24) is 5.10 Å². The molecule has 0 amide bonds. The van der Waals surface area contributed by atoms with Gasteiger partial charge in [0.1, 0.15) is 6.54 Å². The lowest BCUT2D eigenvalue weighted by molar-refractivity contribution is -0.733. The van der Waals surface area contributed by atoms with Crippen molar-refractivity contribution in [2.75, 3.05) is 5.73 Å². The average molecular weight is 154 g/mol. The zero-order chi connectivity index (χ0) is 8.27. The standard InChI is InChI=1S/C7H8FN3/c1-2-5-11-7(9)4-3-6(8)10-11/h2-4,9H,1,5H2/p+1. The van der Waals surface area contributed by atoms with Gasteiger partial charge in [0.15, 0.2) is 0 Å². The fourth-order valence-corrected chi connectivity index (χ4v) is 0.715. The molecular weight excluding hydrogens is 145 g/mol. The molecule has 58 valence electrons. The van der Waals surface area contributed by atoms with Gasteiger partial charge < -0.3 is 0 Å². The summed E-state index contributed by atoms with van der Waals surface area (Å²) >= 11 is 0. The molecule has 0 aromatic carbocycles. The maximum absolute atomic E-state index is 12.4. The molecule has 3 nitrogen and oxygen atoms in total. The van der Waals surface area contributed by atoms with E-state index in [9.17, 15) is 4.39 Å². The second-order valence-electron chi connectivity index (χ2n) is 2.05. The number of nitrogens with zero attached hydrogens (tertiary/aromatic N) is 2. The lowest BCUT2D eigenvalue weighted by Crippen LogP contribution is -2.41. The number of allylic oxidation sites excluding steroid dienone is 1. The molecule has 0 aliphatic carbocycles. The first-order valence-corrected chi connectivity index (χ1v) is 3.17. The molecule has 0 unspecified atom stereocenters. The summed E-state index contributed by atoms with van der Waals surface area (Å²) in [6, 6.07) is 2.68. The Morgan fingerprint density at radius 3 is 3.09 bits per heavy atom. The van der Waals surface area contributed by atoms with E-state index in [0.717, 1.165) is 0 Å². The van der Waals surface area contributed by atoms with Gasteiger partial charge in [0.25, 0.3) is 11.8 Å². The normalized spacial score (nSPS) is 9.55. The van der Waals surface area contributed by atoms with Gasteiger partial charge in [-0.25, -0.2) is 0 Å². The van der Waals surface area contributed by atoms with Crippen LogP contribution in [0.2, 0.25) is 0 Å². The Morgan fingerprint density at radius 1 is 1.73 bits per heavy atom. The third kappa shape index (κ3) is 1.73. The molecule has 0 fully saturated rings. The number of hydrogen-bond acceptors (Lipinski definition) is 2. The van der Waals surface area contributed by atoms with Crippen LogP contribution < -0.4 is 10.4 Å². The summed E-state index contributed by atoms with van der Waals surface area (Å²) in [5.41, 5.74) is 5.46. The van der Waals surface area contributed by atoms with Crippen LogP contribution in [-0.4, -0.2) is 5.10 Å². The predicted octanol–water partition coefficient (Wildman–Crippen LogP) is 0.276. The molecule has 1 rings (SSSR count). The van der Waals surface area contributed by atoms with Crippen molar-refractivity contribution in [3.05, 3.63) is 30.7 Å². The van der Waals surface area contributed by atoms with E-state index in [0.29, 0.717) is 12.4 Å². The van der Waals surface area contributed by atoms with Crippen LogP contribution in [0.4, 0.5) is 10.2 Å². The highest BCUT2D eigenvalue weighted by atomic mass is 19.1. The monoisotopic (exact) mass is 154 g/mol. The zero-order valence-corrected chi connectivity index (χ0v) is 6.00. The summed E-state index contributed by atoms with van der Waals surface area (Å²) in [7, 11) is 0. The van der Waals surface area contributed by atoms with Crippen LogP contribution >= 0.6 is 0 Å². The van der Waals surface area contributed by atoms with Crippen LogP contribution in [0.1, 0.15) is 0 Å². The Morgan fingerprint density at radius 2 is 2.45 bits per heavy atom. The van der Waals surface area contributed by atoms with Crippen molar-refractivity contribution in [2.45, 2.75) is 6.54 Å². The van der Waals surface area contributed by atoms with Gasteiger partial charge in [-0.05, 0) is 6.08 Å². The first-order valence-electron chi connectivity index (χ1n) is 3.17. The van der Waals surface area contributed by atoms with Gasteiger partial charge in [-0.2, -0.15) is 4.39 Å². The molecule has 1 aromatic rings.